The lowest BCUT2D eigenvalue weighted by Crippen LogP contribution is -2.41. The third-order valence-electron chi connectivity index (χ3n) is 4.51. The standard InChI is InChI=1S/C16H21BN2O3S/c1-6-13(20)19-14-18-11-8-7-10(9-12(11)23-14)17-21-15(2,3)16(4,5)22-17/h7-9H,6H2,1-5H3,(H,18,19,20). The summed E-state index contributed by atoms with van der Waals surface area (Å²) in [6, 6.07) is 5.93. The molecule has 1 amide bonds. The summed E-state index contributed by atoms with van der Waals surface area (Å²) >= 11 is 1.46. The van der Waals surface area contributed by atoms with Crippen LogP contribution in [0.15, 0.2) is 18.2 Å². The number of hydrogen-bond acceptors (Lipinski definition) is 5. The average molecular weight is 332 g/mol. The Hall–Kier alpha value is -1.44. The number of aromatic nitrogens is 1. The second-order valence-corrected chi connectivity index (χ2v) is 7.77. The summed E-state index contributed by atoms with van der Waals surface area (Å²) in [6.45, 7) is 9.97. The molecule has 0 saturated carbocycles. The van der Waals surface area contributed by atoms with E-state index in [1.165, 1.54) is 11.3 Å². The highest BCUT2D eigenvalue weighted by atomic mass is 32.1. The number of nitrogens with one attached hydrogen (secondary N) is 1. The van der Waals surface area contributed by atoms with Crippen molar-refractivity contribution >= 4 is 45.2 Å². The van der Waals surface area contributed by atoms with Crippen molar-refractivity contribution in [2.75, 3.05) is 5.32 Å². The predicted octanol–water partition coefficient (Wildman–Crippen LogP) is 2.94. The van der Waals surface area contributed by atoms with Crippen LogP contribution in [0.3, 0.4) is 0 Å². The van der Waals surface area contributed by atoms with Gasteiger partial charge in [0.05, 0.1) is 21.4 Å². The first-order chi connectivity index (χ1) is 10.7. The molecule has 23 heavy (non-hydrogen) atoms. The van der Waals surface area contributed by atoms with Crippen LogP contribution in [-0.2, 0) is 14.1 Å². The summed E-state index contributed by atoms with van der Waals surface area (Å²) in [5.41, 5.74) is 1.11. The molecule has 0 aliphatic carbocycles. The summed E-state index contributed by atoms with van der Waals surface area (Å²) in [6.07, 6.45) is 0.440. The first-order valence-corrected chi connectivity index (χ1v) is 8.59. The fraction of sp³-hybridized carbons (Fsp3) is 0.500. The van der Waals surface area contributed by atoms with Crippen molar-refractivity contribution in [1.82, 2.24) is 4.98 Å². The van der Waals surface area contributed by atoms with Crippen LogP contribution in [0.25, 0.3) is 10.2 Å². The Balaban J connectivity index is 1.88. The Kier molecular flexibility index (Phi) is 3.98. The van der Waals surface area contributed by atoms with E-state index >= 15 is 0 Å². The lowest BCUT2D eigenvalue weighted by Gasteiger charge is -2.32. The van der Waals surface area contributed by atoms with Gasteiger partial charge in [0.1, 0.15) is 0 Å². The summed E-state index contributed by atoms with van der Waals surface area (Å²) < 4.78 is 13.2. The molecule has 1 aromatic heterocycles. The largest absolute Gasteiger partial charge is 0.494 e. The van der Waals surface area contributed by atoms with Gasteiger partial charge in [-0.05, 0) is 45.3 Å². The van der Waals surface area contributed by atoms with E-state index in [9.17, 15) is 4.79 Å². The lowest BCUT2D eigenvalue weighted by atomic mass is 9.79. The Bertz CT molecular complexity index is 741. The Labute approximate surface area is 140 Å². The van der Waals surface area contributed by atoms with Gasteiger partial charge in [0.25, 0.3) is 0 Å². The van der Waals surface area contributed by atoms with Crippen molar-refractivity contribution < 1.29 is 14.1 Å². The van der Waals surface area contributed by atoms with E-state index in [-0.39, 0.29) is 24.2 Å². The van der Waals surface area contributed by atoms with Crippen molar-refractivity contribution in [3.05, 3.63) is 18.2 Å². The van der Waals surface area contributed by atoms with Crippen molar-refractivity contribution in [2.45, 2.75) is 52.2 Å². The van der Waals surface area contributed by atoms with Gasteiger partial charge in [-0.15, -0.1) is 0 Å². The zero-order chi connectivity index (χ0) is 16.8. The predicted molar refractivity (Wildman–Crippen MR) is 94.3 cm³/mol. The molecule has 2 aromatic rings. The monoisotopic (exact) mass is 332 g/mol. The maximum atomic E-state index is 11.5. The second kappa shape index (κ2) is 5.58. The number of rotatable bonds is 3. The van der Waals surface area contributed by atoms with Gasteiger partial charge >= 0.3 is 7.12 Å². The molecule has 1 saturated heterocycles. The summed E-state index contributed by atoms with van der Waals surface area (Å²) in [5, 5.41) is 3.43. The van der Waals surface area contributed by atoms with Crippen LogP contribution in [0.5, 0.6) is 0 Å². The number of carbonyl (C=O) groups is 1. The van der Waals surface area contributed by atoms with Gasteiger partial charge in [0, 0.05) is 6.42 Å². The molecular weight excluding hydrogens is 311 g/mol. The fourth-order valence-corrected chi connectivity index (χ4v) is 3.26. The lowest BCUT2D eigenvalue weighted by molar-refractivity contribution is -0.115. The van der Waals surface area contributed by atoms with Gasteiger partial charge in [0.2, 0.25) is 5.91 Å². The molecule has 3 rings (SSSR count). The van der Waals surface area contributed by atoms with E-state index in [1.807, 2.05) is 52.8 Å². The molecule has 0 unspecified atom stereocenters. The van der Waals surface area contributed by atoms with Crippen LogP contribution in [0.4, 0.5) is 5.13 Å². The number of carbonyl (C=O) groups excluding carboxylic acids is 1. The van der Waals surface area contributed by atoms with Gasteiger partial charge in [-0.25, -0.2) is 4.98 Å². The molecular formula is C16H21BN2O3S. The van der Waals surface area contributed by atoms with Crippen molar-refractivity contribution in [2.24, 2.45) is 0 Å². The molecule has 0 radical (unpaired) electrons. The van der Waals surface area contributed by atoms with Crippen LogP contribution < -0.4 is 10.8 Å². The van der Waals surface area contributed by atoms with E-state index in [0.717, 1.165) is 15.7 Å². The molecule has 1 fully saturated rings. The molecule has 5 nitrogen and oxygen atoms in total. The maximum Gasteiger partial charge on any atom is 0.494 e. The number of amides is 1. The van der Waals surface area contributed by atoms with Crippen LogP contribution in [0.2, 0.25) is 0 Å². The number of hydrogen-bond donors (Lipinski definition) is 1. The topological polar surface area (TPSA) is 60.5 Å². The van der Waals surface area contributed by atoms with Crippen LogP contribution in [-0.4, -0.2) is 29.2 Å². The van der Waals surface area contributed by atoms with E-state index in [1.54, 1.807) is 0 Å². The van der Waals surface area contributed by atoms with Crippen LogP contribution in [0, 0.1) is 0 Å². The van der Waals surface area contributed by atoms with Gasteiger partial charge in [0.15, 0.2) is 5.13 Å². The Morgan fingerprint density at radius 2 is 1.91 bits per heavy atom. The van der Waals surface area contributed by atoms with Crippen molar-refractivity contribution in [3.63, 3.8) is 0 Å². The zero-order valence-electron chi connectivity index (χ0n) is 14.1. The normalized spacial score (nSPS) is 19.3. The highest BCUT2D eigenvalue weighted by molar-refractivity contribution is 7.22. The molecule has 1 aliphatic rings. The Morgan fingerprint density at radius 3 is 2.52 bits per heavy atom. The molecule has 1 aliphatic heterocycles. The molecule has 0 spiro atoms. The van der Waals surface area contributed by atoms with E-state index in [2.05, 4.69) is 10.3 Å². The zero-order valence-corrected chi connectivity index (χ0v) is 14.9. The number of thiazole rings is 1. The van der Waals surface area contributed by atoms with Gasteiger partial charge in [-0.2, -0.15) is 0 Å². The third kappa shape index (κ3) is 3.01. The molecule has 2 heterocycles. The summed E-state index contributed by atoms with van der Waals surface area (Å²) in [5.74, 6) is -0.0322. The van der Waals surface area contributed by atoms with Gasteiger partial charge in [-0.3, -0.25) is 4.79 Å². The third-order valence-corrected chi connectivity index (χ3v) is 5.44. The van der Waals surface area contributed by atoms with Crippen LogP contribution >= 0.6 is 11.3 Å². The SMILES string of the molecule is CCC(=O)Nc1nc2ccc(B3OC(C)(C)C(C)(C)O3)cc2s1. The average Bonchev–Trinajstić information content (AvgIpc) is 2.95. The van der Waals surface area contributed by atoms with E-state index in [4.69, 9.17) is 9.31 Å². The van der Waals surface area contributed by atoms with Gasteiger partial charge < -0.3 is 14.6 Å². The minimum absolute atomic E-state index is 0.0322. The van der Waals surface area contributed by atoms with Crippen LogP contribution in [0.1, 0.15) is 41.0 Å². The minimum atomic E-state index is -0.389. The molecule has 0 bridgehead atoms. The number of benzene rings is 1. The van der Waals surface area contributed by atoms with Crippen molar-refractivity contribution in [3.8, 4) is 0 Å². The maximum absolute atomic E-state index is 11.5. The number of anilines is 1. The summed E-state index contributed by atoms with van der Waals surface area (Å²) in [7, 11) is -0.389. The highest BCUT2D eigenvalue weighted by Gasteiger charge is 2.51. The first kappa shape index (κ1) is 16.4. The molecule has 1 aromatic carbocycles. The smallest absolute Gasteiger partial charge is 0.399 e. The molecule has 122 valence electrons. The molecule has 1 N–H and O–H groups in total. The highest BCUT2D eigenvalue weighted by Crippen LogP contribution is 2.36. The van der Waals surface area contributed by atoms with Gasteiger partial charge in [-0.1, -0.05) is 24.3 Å². The Morgan fingerprint density at radius 1 is 1.26 bits per heavy atom. The van der Waals surface area contributed by atoms with Crippen molar-refractivity contribution in [1.29, 1.82) is 0 Å². The molecule has 0 atom stereocenters. The number of fused-ring (bicyclic) bond motifs is 1. The minimum Gasteiger partial charge on any atom is -0.399 e. The number of nitrogens with zero attached hydrogens (tertiary/aromatic N) is 1. The second-order valence-electron chi connectivity index (χ2n) is 6.74. The fourth-order valence-electron chi connectivity index (χ4n) is 2.33. The van der Waals surface area contributed by atoms with E-state index < -0.39 is 0 Å². The van der Waals surface area contributed by atoms with E-state index in [0.29, 0.717) is 11.6 Å². The first-order valence-electron chi connectivity index (χ1n) is 7.78. The quantitative estimate of drug-likeness (QED) is 0.878. The molecule has 7 heteroatoms. The summed E-state index contributed by atoms with van der Waals surface area (Å²) in [4.78, 5) is 15.9.